The minimum atomic E-state index is -4.70. The number of carbonyl (C=O) groups is 2. The van der Waals surface area contributed by atoms with Gasteiger partial charge in [-0.15, -0.1) is 0 Å². The number of nitrogens with two attached hydrogens (primary N) is 1. The molecule has 2 atom stereocenters. The summed E-state index contributed by atoms with van der Waals surface area (Å²) < 4.78 is 41.5. The number of anilines is 2. The van der Waals surface area contributed by atoms with Gasteiger partial charge < -0.3 is 16.0 Å². The second-order valence-corrected chi connectivity index (χ2v) is 12.8. The summed E-state index contributed by atoms with van der Waals surface area (Å²) >= 11 is 7.81. The lowest BCUT2D eigenvalue weighted by Crippen LogP contribution is -2.43. The first-order valence-electron chi connectivity index (χ1n) is 13.7. The van der Waals surface area contributed by atoms with Crippen molar-refractivity contribution in [2.24, 2.45) is 0 Å². The maximum Gasteiger partial charge on any atom is 0.417 e. The molecule has 0 unspecified atom stereocenters. The number of halogens is 5. The number of likely N-dealkylation sites (tertiary alicyclic amines) is 1. The van der Waals surface area contributed by atoms with Crippen LogP contribution in [-0.4, -0.2) is 48.5 Å². The standard InChI is InChI=1S/C31H27ClF3IN6O2/c1-17-5-8-21(39-29(43)20-6-9-24(32)23(15-20)31(33,34)35)14-19(17)7-10-26-27-25(37)11-12-38-28(27)42(40-26)22-4-3-13-41(16-22)30(44)18(2)36/h5-6,8-9,11-12,14-15,18,22H,3-4,13,16H2,1-2H3,(H2,37,38)(H,39,43)/t18-,22-/m1/s1. The molecule has 3 heterocycles. The molecule has 228 valence electrons. The second kappa shape index (κ2) is 12.6. The Balaban J connectivity index is 1.44. The molecule has 0 bridgehead atoms. The SMILES string of the molecule is Cc1ccc(NC(=O)c2ccc(Cl)c(C(F)(F)F)c2)cc1C#Cc1nn([C@@H]2CCCN(C(=O)[C@@H](C)I)C2)c2nccc(N)c12. The average molecular weight is 735 g/mol. The summed E-state index contributed by atoms with van der Waals surface area (Å²) in [5, 5.41) is 7.54. The number of rotatable bonds is 4. The molecule has 0 saturated carbocycles. The molecule has 5 rings (SSSR count). The summed E-state index contributed by atoms with van der Waals surface area (Å²) in [6.07, 6.45) is -1.44. The molecule has 8 nitrogen and oxygen atoms in total. The summed E-state index contributed by atoms with van der Waals surface area (Å²) in [7, 11) is 0. The predicted octanol–water partition coefficient (Wildman–Crippen LogP) is 6.63. The number of nitrogens with one attached hydrogen (secondary N) is 1. The Morgan fingerprint density at radius 3 is 2.68 bits per heavy atom. The van der Waals surface area contributed by atoms with Crippen LogP contribution >= 0.6 is 34.2 Å². The number of benzene rings is 2. The van der Waals surface area contributed by atoms with E-state index in [2.05, 4.69) is 44.7 Å². The second-order valence-electron chi connectivity index (χ2n) is 10.5. The van der Waals surface area contributed by atoms with Crippen molar-refractivity contribution in [1.82, 2.24) is 19.7 Å². The molecule has 1 aliphatic heterocycles. The number of hydrogen-bond acceptors (Lipinski definition) is 5. The van der Waals surface area contributed by atoms with Crippen LogP contribution in [0.2, 0.25) is 5.02 Å². The number of pyridine rings is 1. The van der Waals surface area contributed by atoms with Gasteiger partial charge in [-0.25, -0.2) is 9.67 Å². The van der Waals surface area contributed by atoms with Gasteiger partial charge in [-0.1, -0.05) is 46.2 Å². The number of nitrogen functional groups attached to an aromatic ring is 1. The lowest BCUT2D eigenvalue weighted by molar-refractivity contribution is -0.137. The Morgan fingerprint density at radius 2 is 1.95 bits per heavy atom. The van der Waals surface area contributed by atoms with E-state index in [1.807, 2.05) is 18.7 Å². The van der Waals surface area contributed by atoms with Gasteiger partial charge in [0.05, 0.1) is 25.9 Å². The highest BCUT2D eigenvalue weighted by Gasteiger charge is 2.34. The Kier molecular flexibility index (Phi) is 9.08. The molecule has 1 fully saturated rings. The third kappa shape index (κ3) is 6.63. The summed E-state index contributed by atoms with van der Waals surface area (Å²) in [6, 6.07) is 9.59. The van der Waals surface area contributed by atoms with Crippen LogP contribution in [-0.2, 0) is 11.0 Å². The van der Waals surface area contributed by atoms with Crippen molar-refractivity contribution in [2.45, 2.75) is 42.8 Å². The predicted molar refractivity (Wildman–Crippen MR) is 172 cm³/mol. The van der Waals surface area contributed by atoms with E-state index in [0.717, 1.165) is 30.5 Å². The molecule has 0 spiro atoms. The molecule has 1 aliphatic rings. The highest BCUT2D eigenvalue weighted by molar-refractivity contribution is 14.1. The zero-order valence-corrected chi connectivity index (χ0v) is 26.6. The highest BCUT2D eigenvalue weighted by Crippen LogP contribution is 2.35. The average Bonchev–Trinajstić information content (AvgIpc) is 3.36. The van der Waals surface area contributed by atoms with Crippen molar-refractivity contribution < 1.29 is 22.8 Å². The first-order chi connectivity index (χ1) is 20.8. The van der Waals surface area contributed by atoms with Gasteiger partial charge in [0.25, 0.3) is 5.91 Å². The third-order valence-electron chi connectivity index (χ3n) is 7.36. The zero-order valence-electron chi connectivity index (χ0n) is 23.7. The molecule has 2 aromatic carbocycles. The molecule has 3 N–H and O–H groups in total. The van der Waals surface area contributed by atoms with Crippen LogP contribution in [0.5, 0.6) is 0 Å². The van der Waals surface area contributed by atoms with Crippen molar-refractivity contribution in [1.29, 1.82) is 0 Å². The molecule has 0 aliphatic carbocycles. The number of amides is 2. The van der Waals surface area contributed by atoms with E-state index in [9.17, 15) is 22.8 Å². The largest absolute Gasteiger partial charge is 0.417 e. The van der Waals surface area contributed by atoms with Crippen LogP contribution in [0.15, 0.2) is 48.7 Å². The van der Waals surface area contributed by atoms with Crippen LogP contribution in [0.4, 0.5) is 24.5 Å². The monoisotopic (exact) mass is 734 g/mol. The fraction of sp³-hybridized carbons (Fsp3) is 0.290. The molecular formula is C31H27ClF3IN6O2. The van der Waals surface area contributed by atoms with Crippen LogP contribution in [0.3, 0.4) is 0 Å². The van der Waals surface area contributed by atoms with Crippen LogP contribution < -0.4 is 11.1 Å². The number of nitrogens with zero attached hydrogens (tertiary/aromatic N) is 4. The molecule has 2 aromatic heterocycles. The minimum absolute atomic E-state index is 0.0820. The molecule has 0 radical (unpaired) electrons. The summed E-state index contributed by atoms with van der Waals surface area (Å²) in [5.74, 6) is 5.56. The van der Waals surface area contributed by atoms with Crippen molar-refractivity contribution >= 4 is 68.4 Å². The Bertz CT molecular complexity index is 1830. The Hall–Kier alpha value is -3.83. The van der Waals surface area contributed by atoms with Gasteiger partial charge in [0.15, 0.2) is 5.65 Å². The highest BCUT2D eigenvalue weighted by atomic mass is 127. The van der Waals surface area contributed by atoms with Crippen LogP contribution in [0.1, 0.15) is 58.5 Å². The maximum atomic E-state index is 13.3. The van der Waals surface area contributed by atoms with Crippen LogP contribution in [0, 0.1) is 18.8 Å². The minimum Gasteiger partial charge on any atom is -0.398 e. The molecule has 4 aromatic rings. The molecule has 2 amide bonds. The number of alkyl halides is 4. The number of carbonyl (C=O) groups excluding carboxylic acids is 2. The van der Waals surface area contributed by atoms with Gasteiger partial charge in [-0.05, 0) is 74.6 Å². The van der Waals surface area contributed by atoms with E-state index >= 15 is 0 Å². The van der Waals surface area contributed by atoms with E-state index in [1.165, 1.54) is 6.07 Å². The van der Waals surface area contributed by atoms with Gasteiger partial charge >= 0.3 is 6.18 Å². The van der Waals surface area contributed by atoms with Crippen molar-refractivity contribution in [3.8, 4) is 11.8 Å². The smallest absolute Gasteiger partial charge is 0.398 e. The van der Waals surface area contributed by atoms with Crippen molar-refractivity contribution in [3.63, 3.8) is 0 Å². The number of aromatic nitrogens is 3. The number of piperidine rings is 1. The molecule has 44 heavy (non-hydrogen) atoms. The topological polar surface area (TPSA) is 106 Å². The van der Waals surface area contributed by atoms with Gasteiger partial charge in [0.1, 0.15) is 5.69 Å². The van der Waals surface area contributed by atoms with E-state index in [0.29, 0.717) is 46.8 Å². The van der Waals surface area contributed by atoms with E-state index in [-0.39, 0.29) is 21.4 Å². The third-order valence-corrected chi connectivity index (χ3v) is 8.23. The summed E-state index contributed by atoms with van der Waals surface area (Å²) in [5.41, 5.74) is 8.27. The van der Waals surface area contributed by atoms with Crippen molar-refractivity contribution in [2.75, 3.05) is 24.1 Å². The lowest BCUT2D eigenvalue weighted by Gasteiger charge is -2.33. The first kappa shape index (κ1) is 31.6. The quantitative estimate of drug-likeness (QED) is 0.139. The van der Waals surface area contributed by atoms with Gasteiger partial charge in [0, 0.05) is 41.8 Å². The van der Waals surface area contributed by atoms with E-state index < -0.39 is 22.7 Å². The summed E-state index contributed by atoms with van der Waals surface area (Å²) in [6.45, 7) is 4.91. The first-order valence-corrected chi connectivity index (χ1v) is 15.3. The normalized spacial score (nSPS) is 15.9. The molecule has 13 heteroatoms. The van der Waals surface area contributed by atoms with Gasteiger partial charge in [0.2, 0.25) is 5.91 Å². The van der Waals surface area contributed by atoms with Gasteiger partial charge in [-0.3, -0.25) is 9.59 Å². The summed E-state index contributed by atoms with van der Waals surface area (Å²) in [4.78, 5) is 31.9. The fourth-order valence-corrected chi connectivity index (χ4v) is 5.70. The number of aryl methyl sites for hydroxylation is 1. The lowest BCUT2D eigenvalue weighted by atomic mass is 10.1. The number of fused-ring (bicyclic) bond motifs is 1. The van der Waals surface area contributed by atoms with E-state index in [1.54, 1.807) is 35.1 Å². The fourth-order valence-electron chi connectivity index (χ4n) is 5.08. The van der Waals surface area contributed by atoms with Crippen molar-refractivity contribution in [3.05, 3.63) is 81.6 Å². The molecular weight excluding hydrogens is 708 g/mol. The number of hydrogen-bond donors (Lipinski definition) is 2. The zero-order chi connectivity index (χ0) is 31.8. The van der Waals surface area contributed by atoms with E-state index in [4.69, 9.17) is 22.4 Å². The van der Waals surface area contributed by atoms with Crippen LogP contribution in [0.25, 0.3) is 11.0 Å². The molecule has 1 saturated heterocycles. The van der Waals surface area contributed by atoms with Gasteiger partial charge in [-0.2, -0.15) is 18.3 Å². The maximum absolute atomic E-state index is 13.3. The Morgan fingerprint density at radius 1 is 1.18 bits per heavy atom. The Labute approximate surface area is 270 Å².